The molecule has 0 spiro atoms. The quantitative estimate of drug-likeness (QED) is 0.507. The van der Waals surface area contributed by atoms with Crippen molar-refractivity contribution in [1.82, 2.24) is 0 Å². The van der Waals surface area contributed by atoms with E-state index >= 15 is 0 Å². The van der Waals surface area contributed by atoms with Crippen LogP contribution >= 0.6 is 0 Å². The Hall–Kier alpha value is -1.61. The van der Waals surface area contributed by atoms with E-state index in [1.165, 1.54) is 0 Å². The Morgan fingerprint density at radius 1 is 1.16 bits per heavy atom. The van der Waals surface area contributed by atoms with Crippen LogP contribution in [0.1, 0.15) is 77.8 Å². The molecule has 0 amide bonds. The van der Waals surface area contributed by atoms with E-state index in [0.717, 1.165) is 30.4 Å². The van der Waals surface area contributed by atoms with E-state index < -0.39 is 5.60 Å². The first kappa shape index (κ1) is 24.0. The first-order valence-electron chi connectivity index (χ1n) is 12.2. The summed E-state index contributed by atoms with van der Waals surface area (Å²) in [7, 11) is 0. The van der Waals surface area contributed by atoms with Crippen LogP contribution < -0.4 is 0 Å². The zero-order valence-corrected chi connectivity index (χ0v) is 20.3. The maximum absolute atomic E-state index is 13.0. The minimum absolute atomic E-state index is 0.0125. The number of allylic oxidation sites excluding steroid dienone is 2. The minimum Gasteiger partial charge on any atom is -0.508 e. The number of rotatable bonds is 7. The summed E-state index contributed by atoms with van der Waals surface area (Å²) in [5, 5.41) is 21.6. The third-order valence-corrected chi connectivity index (χ3v) is 8.87. The Morgan fingerprint density at radius 3 is 2.55 bits per heavy atom. The second kappa shape index (κ2) is 9.10. The van der Waals surface area contributed by atoms with Crippen molar-refractivity contribution in [2.75, 3.05) is 0 Å². The molecule has 172 valence electrons. The van der Waals surface area contributed by atoms with Crippen molar-refractivity contribution >= 4 is 5.78 Å². The third-order valence-electron chi connectivity index (χ3n) is 8.87. The predicted octanol–water partition coefficient (Wildman–Crippen LogP) is 6.24. The Morgan fingerprint density at radius 2 is 1.87 bits per heavy atom. The molecule has 0 bridgehead atoms. The van der Waals surface area contributed by atoms with Gasteiger partial charge in [0.1, 0.15) is 11.4 Å². The lowest BCUT2D eigenvalue weighted by Crippen LogP contribution is -2.56. The highest BCUT2D eigenvalue weighted by Crippen LogP contribution is 2.60. The lowest BCUT2D eigenvalue weighted by Gasteiger charge is -2.50. The molecular formula is C28H42O3. The molecule has 0 heterocycles. The fourth-order valence-electron chi connectivity index (χ4n) is 6.34. The largest absolute Gasteiger partial charge is 0.508 e. The molecular weight excluding hydrogens is 384 g/mol. The van der Waals surface area contributed by atoms with Gasteiger partial charge in [0.05, 0.1) is 0 Å². The van der Waals surface area contributed by atoms with Gasteiger partial charge in [-0.15, -0.1) is 0 Å². The van der Waals surface area contributed by atoms with Crippen molar-refractivity contribution < 1.29 is 15.0 Å². The summed E-state index contributed by atoms with van der Waals surface area (Å²) in [6.07, 6.45) is 9.14. The van der Waals surface area contributed by atoms with Crippen molar-refractivity contribution in [2.45, 2.75) is 85.7 Å². The molecule has 0 radical (unpaired) electrons. The van der Waals surface area contributed by atoms with Crippen LogP contribution in [0.25, 0.3) is 0 Å². The van der Waals surface area contributed by atoms with Gasteiger partial charge < -0.3 is 10.2 Å². The molecule has 2 aliphatic carbocycles. The summed E-state index contributed by atoms with van der Waals surface area (Å²) in [5.41, 5.74) is 0.840. The maximum atomic E-state index is 13.0. The van der Waals surface area contributed by atoms with E-state index in [1.54, 1.807) is 12.1 Å². The first-order valence-corrected chi connectivity index (χ1v) is 12.2. The molecule has 2 N–H and O–H groups in total. The van der Waals surface area contributed by atoms with E-state index in [-0.39, 0.29) is 22.9 Å². The monoisotopic (exact) mass is 426 g/mol. The SMILES string of the molecule is Cc1ccc(O)cc1CC[C@]1(O)C(=O)CC[C@]2(C)[C@@H]([C@H](C)C=C[C@@H](C)C(C)C)CC[C@H]21. The molecule has 2 fully saturated rings. The van der Waals surface area contributed by atoms with Crippen LogP contribution in [0.3, 0.4) is 0 Å². The van der Waals surface area contributed by atoms with E-state index in [1.807, 2.05) is 13.0 Å². The van der Waals surface area contributed by atoms with Gasteiger partial charge in [0, 0.05) is 12.3 Å². The lowest BCUT2D eigenvalue weighted by atomic mass is 9.56. The molecule has 3 rings (SSSR count). The van der Waals surface area contributed by atoms with Gasteiger partial charge in [-0.1, -0.05) is 52.8 Å². The molecule has 2 saturated carbocycles. The molecule has 6 atom stereocenters. The smallest absolute Gasteiger partial charge is 0.164 e. The lowest BCUT2D eigenvalue weighted by molar-refractivity contribution is -0.161. The number of hydrogen-bond acceptors (Lipinski definition) is 3. The molecule has 3 heteroatoms. The standard InChI is InChI=1S/C28H42O3/c1-18(2)19(3)7-8-21(5)24-11-12-25-27(24,6)15-14-26(30)28(25,31)16-13-22-17-23(29)10-9-20(22)4/h7-10,17-19,21,24-25,29,31H,11-16H2,1-6H3/t19-,21-,24-,25-,27-,28-/m1/s1. The minimum atomic E-state index is -1.26. The van der Waals surface area contributed by atoms with Gasteiger partial charge in [-0.2, -0.15) is 0 Å². The number of benzene rings is 1. The zero-order valence-electron chi connectivity index (χ0n) is 20.3. The number of carbonyl (C=O) groups excluding carboxylic acids is 1. The molecule has 31 heavy (non-hydrogen) atoms. The zero-order chi connectivity index (χ0) is 23.0. The number of aliphatic hydroxyl groups is 1. The number of aryl methyl sites for hydroxylation is 2. The Bertz CT molecular complexity index is 826. The van der Waals surface area contributed by atoms with Gasteiger partial charge in [0.2, 0.25) is 0 Å². The van der Waals surface area contributed by atoms with Crippen molar-refractivity contribution in [3.8, 4) is 5.75 Å². The van der Waals surface area contributed by atoms with Crippen LogP contribution in [0.2, 0.25) is 0 Å². The number of carbonyl (C=O) groups is 1. The van der Waals surface area contributed by atoms with Crippen molar-refractivity contribution in [2.24, 2.45) is 35.0 Å². The summed E-state index contributed by atoms with van der Waals surface area (Å²) in [6, 6.07) is 5.36. The highest BCUT2D eigenvalue weighted by atomic mass is 16.3. The van der Waals surface area contributed by atoms with Gasteiger partial charge >= 0.3 is 0 Å². The van der Waals surface area contributed by atoms with Gasteiger partial charge in [-0.3, -0.25) is 4.79 Å². The number of aromatic hydroxyl groups is 1. The van der Waals surface area contributed by atoms with E-state index in [2.05, 4.69) is 46.8 Å². The summed E-state index contributed by atoms with van der Waals surface area (Å²) < 4.78 is 0. The Balaban J connectivity index is 1.79. The first-order chi connectivity index (χ1) is 14.5. The predicted molar refractivity (Wildman–Crippen MR) is 127 cm³/mol. The molecule has 0 aliphatic heterocycles. The number of phenols is 1. The third kappa shape index (κ3) is 4.62. The van der Waals surface area contributed by atoms with E-state index in [9.17, 15) is 15.0 Å². The molecule has 0 unspecified atom stereocenters. The molecule has 1 aromatic rings. The maximum Gasteiger partial charge on any atom is 0.164 e. The van der Waals surface area contributed by atoms with Crippen LogP contribution in [-0.2, 0) is 11.2 Å². The fourth-order valence-corrected chi connectivity index (χ4v) is 6.34. The summed E-state index contributed by atoms with van der Waals surface area (Å²) in [6.45, 7) is 13.4. The summed E-state index contributed by atoms with van der Waals surface area (Å²) in [4.78, 5) is 13.0. The number of ketones is 1. The fraction of sp³-hybridized carbons (Fsp3) is 0.679. The molecule has 2 aliphatic rings. The average Bonchev–Trinajstić information content (AvgIpc) is 3.08. The highest BCUT2D eigenvalue weighted by molar-refractivity contribution is 5.88. The second-order valence-electron chi connectivity index (χ2n) is 11.0. The molecule has 0 saturated heterocycles. The average molecular weight is 427 g/mol. The molecule has 1 aromatic carbocycles. The van der Waals surface area contributed by atoms with Crippen LogP contribution in [0.4, 0.5) is 0 Å². The van der Waals surface area contributed by atoms with E-state index in [0.29, 0.717) is 42.9 Å². The number of Topliss-reactive ketones (excluding diaryl/α,β-unsaturated/α-hetero) is 1. The van der Waals surface area contributed by atoms with Gasteiger partial charge in [0.25, 0.3) is 0 Å². The summed E-state index contributed by atoms with van der Waals surface area (Å²) in [5.74, 6) is 2.41. The van der Waals surface area contributed by atoms with Gasteiger partial charge in [0.15, 0.2) is 5.78 Å². The second-order valence-corrected chi connectivity index (χ2v) is 11.0. The molecule has 3 nitrogen and oxygen atoms in total. The van der Waals surface area contributed by atoms with Crippen LogP contribution in [-0.4, -0.2) is 21.6 Å². The normalized spacial score (nSPS) is 33.1. The van der Waals surface area contributed by atoms with Crippen LogP contribution in [0.5, 0.6) is 5.75 Å². The molecule has 0 aromatic heterocycles. The van der Waals surface area contributed by atoms with Crippen molar-refractivity contribution in [3.05, 3.63) is 41.5 Å². The van der Waals surface area contributed by atoms with Crippen molar-refractivity contribution in [3.63, 3.8) is 0 Å². The highest BCUT2D eigenvalue weighted by Gasteiger charge is 2.60. The number of phenolic OH excluding ortho intramolecular Hbond substituents is 1. The van der Waals surface area contributed by atoms with E-state index in [4.69, 9.17) is 0 Å². The summed E-state index contributed by atoms with van der Waals surface area (Å²) >= 11 is 0. The van der Waals surface area contributed by atoms with Crippen LogP contribution in [0, 0.1) is 41.9 Å². The Kier molecular flexibility index (Phi) is 7.05. The number of fused-ring (bicyclic) bond motifs is 1. The number of hydrogen-bond donors (Lipinski definition) is 2. The van der Waals surface area contributed by atoms with Crippen LogP contribution in [0.15, 0.2) is 30.4 Å². The van der Waals surface area contributed by atoms with Gasteiger partial charge in [-0.25, -0.2) is 0 Å². The van der Waals surface area contributed by atoms with Crippen molar-refractivity contribution in [1.29, 1.82) is 0 Å². The van der Waals surface area contributed by atoms with Gasteiger partial charge in [-0.05, 0) is 91.4 Å². The topological polar surface area (TPSA) is 57.5 Å². The Labute approximate surface area is 189 Å².